The van der Waals surface area contributed by atoms with Crippen molar-refractivity contribution in [3.63, 3.8) is 0 Å². The van der Waals surface area contributed by atoms with Gasteiger partial charge in [0.25, 0.3) is 5.69 Å². The zero-order valence-electron chi connectivity index (χ0n) is 10.4. The predicted molar refractivity (Wildman–Crippen MR) is 67.6 cm³/mol. The van der Waals surface area contributed by atoms with Gasteiger partial charge in [0, 0.05) is 24.7 Å². The molecule has 0 fully saturated rings. The largest absolute Gasteiger partial charge is 0.481 e. The third kappa shape index (κ3) is 4.90. The number of halogens is 1. The summed E-state index contributed by atoms with van der Waals surface area (Å²) in [6.45, 7) is 2.17. The van der Waals surface area contributed by atoms with E-state index in [9.17, 15) is 19.3 Å². The van der Waals surface area contributed by atoms with Gasteiger partial charge in [-0.05, 0) is 12.0 Å². The van der Waals surface area contributed by atoms with Gasteiger partial charge in [0.2, 0.25) is 0 Å². The highest BCUT2D eigenvalue weighted by Gasteiger charge is 2.13. The molecule has 1 unspecified atom stereocenters. The molecule has 0 amide bonds. The van der Waals surface area contributed by atoms with Crippen LogP contribution in [0.2, 0.25) is 0 Å². The van der Waals surface area contributed by atoms with E-state index in [0.717, 1.165) is 12.1 Å². The highest BCUT2D eigenvalue weighted by Crippen LogP contribution is 2.20. The number of carbonyl (C=O) groups is 1. The van der Waals surface area contributed by atoms with Crippen LogP contribution < -0.4 is 5.32 Å². The second kappa shape index (κ2) is 6.67. The average molecular weight is 270 g/mol. The van der Waals surface area contributed by atoms with Crippen LogP contribution in [0.3, 0.4) is 0 Å². The Balaban J connectivity index is 2.71. The van der Waals surface area contributed by atoms with Gasteiger partial charge in [-0.3, -0.25) is 14.9 Å². The van der Waals surface area contributed by atoms with E-state index in [1.807, 2.05) is 6.92 Å². The molecule has 0 aliphatic heterocycles. The first-order chi connectivity index (χ1) is 8.92. The Morgan fingerprint density at radius 3 is 2.74 bits per heavy atom. The van der Waals surface area contributed by atoms with Crippen LogP contribution in [0.1, 0.15) is 19.8 Å². The number of nitrogens with one attached hydrogen (secondary N) is 1. The van der Waals surface area contributed by atoms with E-state index in [0.29, 0.717) is 13.0 Å². The minimum Gasteiger partial charge on any atom is -0.481 e. The number of nitro benzene ring substituents is 1. The molecule has 104 valence electrons. The third-order valence-electron chi connectivity index (χ3n) is 2.73. The molecular weight excluding hydrogens is 255 g/mol. The van der Waals surface area contributed by atoms with Crippen LogP contribution in [0, 0.1) is 21.8 Å². The molecule has 0 bridgehead atoms. The molecule has 1 aromatic rings. The molecule has 0 saturated heterocycles. The second-order valence-corrected chi connectivity index (χ2v) is 4.21. The summed E-state index contributed by atoms with van der Waals surface area (Å²) in [6, 6.07) is 3.19. The lowest BCUT2D eigenvalue weighted by Gasteiger charge is -2.14. The van der Waals surface area contributed by atoms with E-state index in [1.165, 1.54) is 6.07 Å². The second-order valence-electron chi connectivity index (χ2n) is 4.21. The standard InChI is InChI=1S/C12H15FN2O4/c1-2-8(3-12(16)17)7-14-10-4-9(13)5-11(6-10)15(18)19/h4-6,8,14H,2-3,7H2,1H3,(H,16,17). The molecule has 0 heterocycles. The molecule has 0 radical (unpaired) electrons. The van der Waals surface area contributed by atoms with Crippen LogP contribution in [0.25, 0.3) is 0 Å². The molecular formula is C12H15FN2O4. The SMILES string of the molecule is CCC(CNc1cc(F)cc([N+](=O)[O-])c1)CC(=O)O. The van der Waals surface area contributed by atoms with Gasteiger partial charge >= 0.3 is 5.97 Å². The Labute approximate surface area is 109 Å². The highest BCUT2D eigenvalue weighted by atomic mass is 19.1. The molecule has 6 nitrogen and oxygen atoms in total. The smallest absolute Gasteiger partial charge is 0.303 e. The van der Waals surface area contributed by atoms with Gasteiger partial charge in [-0.2, -0.15) is 0 Å². The lowest BCUT2D eigenvalue weighted by Crippen LogP contribution is -2.17. The molecule has 0 saturated carbocycles. The number of non-ortho nitro benzene ring substituents is 1. The normalized spacial score (nSPS) is 11.9. The van der Waals surface area contributed by atoms with Gasteiger partial charge in [-0.25, -0.2) is 4.39 Å². The van der Waals surface area contributed by atoms with E-state index >= 15 is 0 Å². The summed E-state index contributed by atoms with van der Waals surface area (Å²) in [5.41, 5.74) is -0.0654. The van der Waals surface area contributed by atoms with Crippen molar-refractivity contribution in [3.05, 3.63) is 34.1 Å². The Hall–Kier alpha value is -2.18. The lowest BCUT2D eigenvalue weighted by atomic mass is 10.0. The zero-order valence-corrected chi connectivity index (χ0v) is 10.4. The number of hydrogen-bond acceptors (Lipinski definition) is 4. The fourth-order valence-electron chi connectivity index (χ4n) is 1.65. The quantitative estimate of drug-likeness (QED) is 0.587. The number of carboxylic acids is 1. The Morgan fingerprint density at radius 2 is 2.21 bits per heavy atom. The first-order valence-electron chi connectivity index (χ1n) is 5.83. The number of anilines is 1. The number of benzene rings is 1. The van der Waals surface area contributed by atoms with Gasteiger partial charge in [0.1, 0.15) is 5.82 Å². The summed E-state index contributed by atoms with van der Waals surface area (Å²) in [4.78, 5) is 20.5. The van der Waals surface area contributed by atoms with Crippen LogP contribution in [-0.2, 0) is 4.79 Å². The van der Waals surface area contributed by atoms with Crippen molar-refractivity contribution in [2.24, 2.45) is 5.92 Å². The van der Waals surface area contributed by atoms with Gasteiger partial charge in [0.15, 0.2) is 0 Å². The molecule has 0 aromatic heterocycles. The summed E-state index contributed by atoms with van der Waals surface area (Å²) in [7, 11) is 0. The van der Waals surface area contributed by atoms with E-state index in [2.05, 4.69) is 5.32 Å². The minimum absolute atomic E-state index is 0.000902. The van der Waals surface area contributed by atoms with Crippen molar-refractivity contribution in [1.82, 2.24) is 0 Å². The fraction of sp³-hybridized carbons (Fsp3) is 0.417. The lowest BCUT2D eigenvalue weighted by molar-refractivity contribution is -0.385. The molecule has 1 rings (SSSR count). The molecule has 0 aliphatic rings. The molecule has 0 aliphatic carbocycles. The van der Waals surface area contributed by atoms with E-state index in [-0.39, 0.29) is 23.7 Å². The first-order valence-corrected chi connectivity index (χ1v) is 5.83. The fourth-order valence-corrected chi connectivity index (χ4v) is 1.65. The molecule has 1 aromatic carbocycles. The summed E-state index contributed by atoms with van der Waals surface area (Å²) in [5.74, 6) is -1.72. The van der Waals surface area contributed by atoms with Gasteiger partial charge < -0.3 is 10.4 Å². The van der Waals surface area contributed by atoms with Crippen LogP contribution in [0.15, 0.2) is 18.2 Å². The van der Waals surface area contributed by atoms with Crippen molar-refractivity contribution in [3.8, 4) is 0 Å². The molecule has 2 N–H and O–H groups in total. The maximum atomic E-state index is 13.2. The molecule has 19 heavy (non-hydrogen) atoms. The molecule has 7 heteroatoms. The zero-order chi connectivity index (χ0) is 14.4. The van der Waals surface area contributed by atoms with Crippen molar-refractivity contribution in [2.45, 2.75) is 19.8 Å². The van der Waals surface area contributed by atoms with Crippen molar-refractivity contribution in [1.29, 1.82) is 0 Å². The number of hydrogen-bond donors (Lipinski definition) is 2. The van der Waals surface area contributed by atoms with E-state index < -0.39 is 16.7 Å². The number of aliphatic carboxylic acids is 1. The Bertz CT molecular complexity index is 479. The predicted octanol–water partition coefficient (Wildman–Crippen LogP) is 2.65. The summed E-state index contributed by atoms with van der Waals surface area (Å²) >= 11 is 0. The van der Waals surface area contributed by atoms with Gasteiger partial charge in [-0.1, -0.05) is 13.3 Å². The maximum Gasteiger partial charge on any atom is 0.303 e. The molecule has 1 atom stereocenters. The van der Waals surface area contributed by atoms with Crippen molar-refractivity contribution >= 4 is 17.3 Å². The van der Waals surface area contributed by atoms with Gasteiger partial charge in [-0.15, -0.1) is 0 Å². The maximum absolute atomic E-state index is 13.2. The number of rotatable bonds is 7. The van der Waals surface area contributed by atoms with Crippen LogP contribution in [-0.4, -0.2) is 22.5 Å². The van der Waals surface area contributed by atoms with Crippen LogP contribution in [0.4, 0.5) is 15.8 Å². The van der Waals surface area contributed by atoms with Gasteiger partial charge in [0.05, 0.1) is 11.0 Å². The van der Waals surface area contributed by atoms with Crippen LogP contribution >= 0.6 is 0 Å². The van der Waals surface area contributed by atoms with Crippen LogP contribution in [0.5, 0.6) is 0 Å². The first kappa shape index (κ1) is 14.9. The Morgan fingerprint density at radius 1 is 1.53 bits per heavy atom. The minimum atomic E-state index is -0.904. The molecule has 0 spiro atoms. The number of carboxylic acid groups (broad SMARTS) is 1. The summed E-state index contributed by atoms with van der Waals surface area (Å²) in [6.07, 6.45) is 0.650. The van der Waals surface area contributed by atoms with Crippen molar-refractivity contribution in [2.75, 3.05) is 11.9 Å². The third-order valence-corrected chi connectivity index (χ3v) is 2.73. The van der Waals surface area contributed by atoms with E-state index in [1.54, 1.807) is 0 Å². The van der Waals surface area contributed by atoms with E-state index in [4.69, 9.17) is 5.11 Å². The van der Waals surface area contributed by atoms with Crippen molar-refractivity contribution < 1.29 is 19.2 Å². The number of nitro groups is 1. The summed E-state index contributed by atoms with van der Waals surface area (Å²) in [5, 5.41) is 22.1. The average Bonchev–Trinajstić information content (AvgIpc) is 2.33. The number of nitrogens with zero attached hydrogens (tertiary/aromatic N) is 1. The Kier molecular flexibility index (Phi) is 5.23. The highest BCUT2D eigenvalue weighted by molar-refractivity contribution is 5.67. The topological polar surface area (TPSA) is 92.5 Å². The summed E-state index contributed by atoms with van der Waals surface area (Å²) < 4.78 is 13.2. The monoisotopic (exact) mass is 270 g/mol.